The van der Waals surface area contributed by atoms with Crippen molar-refractivity contribution in [2.75, 3.05) is 28.7 Å². The molecule has 2 aliphatic rings. The minimum absolute atomic E-state index is 0.0376. The molecule has 35 heavy (non-hydrogen) atoms. The molecule has 5 rings (SSSR count). The van der Waals surface area contributed by atoms with E-state index in [2.05, 4.69) is 64.6 Å². The predicted octanol–water partition coefficient (Wildman–Crippen LogP) is 6.58. The lowest BCUT2D eigenvalue weighted by molar-refractivity contribution is -0.125. The third kappa shape index (κ3) is 4.84. The molecule has 6 nitrogen and oxygen atoms in total. The summed E-state index contributed by atoms with van der Waals surface area (Å²) >= 11 is 0. The summed E-state index contributed by atoms with van der Waals surface area (Å²) < 4.78 is 0. The van der Waals surface area contributed by atoms with Crippen LogP contribution in [0.4, 0.5) is 17.5 Å². The Morgan fingerprint density at radius 1 is 1.06 bits per heavy atom. The molecule has 0 saturated heterocycles. The van der Waals surface area contributed by atoms with E-state index in [9.17, 15) is 4.79 Å². The van der Waals surface area contributed by atoms with Gasteiger partial charge in [0.25, 0.3) is 0 Å². The van der Waals surface area contributed by atoms with Crippen LogP contribution in [0, 0.1) is 5.41 Å². The maximum atomic E-state index is 13.2. The molecule has 1 fully saturated rings. The van der Waals surface area contributed by atoms with E-state index in [4.69, 9.17) is 4.98 Å². The van der Waals surface area contributed by atoms with Crippen molar-refractivity contribution in [2.45, 2.75) is 72.4 Å². The van der Waals surface area contributed by atoms with Crippen molar-refractivity contribution < 1.29 is 4.79 Å². The third-order valence-electron chi connectivity index (χ3n) is 7.23. The van der Waals surface area contributed by atoms with Crippen molar-refractivity contribution in [3.05, 3.63) is 54.2 Å². The van der Waals surface area contributed by atoms with Gasteiger partial charge in [-0.3, -0.25) is 4.79 Å². The first-order valence-electron chi connectivity index (χ1n) is 13.0. The molecule has 3 aromatic rings. The van der Waals surface area contributed by atoms with E-state index in [0.717, 1.165) is 24.3 Å². The first-order chi connectivity index (χ1) is 16.8. The van der Waals surface area contributed by atoms with Gasteiger partial charge >= 0.3 is 0 Å². The number of hydrogen-bond acceptors (Lipinski definition) is 5. The number of aromatic nitrogens is 2. The van der Waals surface area contributed by atoms with Crippen LogP contribution < -0.4 is 15.1 Å². The Morgan fingerprint density at radius 2 is 1.74 bits per heavy atom. The Balaban J connectivity index is 0.00000141. The molecule has 186 valence electrons. The zero-order chi connectivity index (χ0) is 25.2. The van der Waals surface area contributed by atoms with Gasteiger partial charge in [-0.1, -0.05) is 69.2 Å². The van der Waals surface area contributed by atoms with Crippen LogP contribution in [-0.2, 0) is 4.79 Å². The summed E-state index contributed by atoms with van der Waals surface area (Å²) in [6.45, 7) is 10.9. The smallest absolute Gasteiger partial charge is 0.234 e. The standard InChI is InChI=1S/C27H33N5O.C2H6/c1-18(21-15-9-11-19-10-5-8-14-22(19)21)29-26-28-16-23-24(30-26)32(20-12-6-7-13-20)17-27(2,3)25(33)31(23)4;1-2/h5,8-11,14-16,18,20H,6-7,12-13,17H2,1-4H3,(H,28,29,30);1-2H3. The minimum Gasteiger partial charge on any atom is -0.351 e. The summed E-state index contributed by atoms with van der Waals surface area (Å²) in [7, 11) is 1.84. The number of hydrogen-bond donors (Lipinski definition) is 1. The van der Waals surface area contributed by atoms with Crippen molar-refractivity contribution >= 4 is 34.1 Å². The molecule has 2 heterocycles. The highest BCUT2D eigenvalue weighted by Gasteiger charge is 2.41. The molecule has 1 aromatic heterocycles. The normalized spacial score (nSPS) is 18.5. The second-order valence-electron chi connectivity index (χ2n) is 10.2. The summed E-state index contributed by atoms with van der Waals surface area (Å²) in [5.41, 5.74) is 1.52. The van der Waals surface area contributed by atoms with Crippen molar-refractivity contribution in [2.24, 2.45) is 5.41 Å². The predicted molar refractivity (Wildman–Crippen MR) is 146 cm³/mol. The van der Waals surface area contributed by atoms with Gasteiger partial charge in [-0.2, -0.15) is 4.98 Å². The second kappa shape index (κ2) is 10.2. The summed E-state index contributed by atoms with van der Waals surface area (Å²) in [6.07, 6.45) is 6.56. The van der Waals surface area contributed by atoms with Crippen molar-refractivity contribution in [3.8, 4) is 0 Å². The molecule has 1 saturated carbocycles. The van der Waals surface area contributed by atoms with Crippen LogP contribution in [0.2, 0.25) is 0 Å². The number of carbonyl (C=O) groups excluding carboxylic acids is 1. The van der Waals surface area contributed by atoms with Crippen LogP contribution in [0.3, 0.4) is 0 Å². The molecule has 0 radical (unpaired) electrons. The molecule has 1 aliphatic carbocycles. The maximum Gasteiger partial charge on any atom is 0.234 e. The van der Waals surface area contributed by atoms with Crippen LogP contribution in [0.15, 0.2) is 48.7 Å². The molecule has 6 heteroatoms. The first kappa shape index (κ1) is 25.0. The van der Waals surface area contributed by atoms with Crippen LogP contribution in [-0.4, -0.2) is 35.5 Å². The number of amides is 1. The zero-order valence-electron chi connectivity index (χ0n) is 22.0. The number of rotatable bonds is 4. The first-order valence-corrected chi connectivity index (χ1v) is 13.0. The molecule has 1 unspecified atom stereocenters. The maximum absolute atomic E-state index is 13.2. The summed E-state index contributed by atoms with van der Waals surface area (Å²) in [6, 6.07) is 15.3. The molecule has 1 atom stereocenters. The lowest BCUT2D eigenvalue weighted by Crippen LogP contribution is -2.45. The van der Waals surface area contributed by atoms with Gasteiger partial charge in [-0.15, -0.1) is 0 Å². The van der Waals surface area contributed by atoms with Gasteiger partial charge in [0.2, 0.25) is 11.9 Å². The number of nitrogens with one attached hydrogen (secondary N) is 1. The molecule has 2 aromatic carbocycles. The van der Waals surface area contributed by atoms with Gasteiger partial charge in [0.1, 0.15) is 5.69 Å². The SMILES string of the molecule is CC.CC(Nc1ncc2c(n1)N(C1CCCC1)CC(C)(C)C(=O)N2C)c1cccc2ccccc12. The number of fused-ring (bicyclic) bond motifs is 2. The highest BCUT2D eigenvalue weighted by Crippen LogP contribution is 2.40. The molecule has 0 bridgehead atoms. The summed E-state index contributed by atoms with van der Waals surface area (Å²) in [5.74, 6) is 1.57. The highest BCUT2D eigenvalue weighted by atomic mass is 16.2. The van der Waals surface area contributed by atoms with Gasteiger partial charge in [0, 0.05) is 19.6 Å². The zero-order valence-corrected chi connectivity index (χ0v) is 22.0. The van der Waals surface area contributed by atoms with Crippen LogP contribution in [0.5, 0.6) is 0 Å². The molecular formula is C29H39N5O. The summed E-state index contributed by atoms with van der Waals surface area (Å²) in [4.78, 5) is 26.9. The third-order valence-corrected chi connectivity index (χ3v) is 7.23. The molecular weight excluding hydrogens is 434 g/mol. The Kier molecular flexibility index (Phi) is 7.29. The molecule has 1 N–H and O–H groups in total. The molecule has 1 amide bonds. The fourth-order valence-electron chi connectivity index (χ4n) is 5.43. The summed E-state index contributed by atoms with van der Waals surface area (Å²) in [5, 5.41) is 5.98. The van der Waals surface area contributed by atoms with E-state index < -0.39 is 5.41 Å². The van der Waals surface area contributed by atoms with Gasteiger partial charge in [0.05, 0.1) is 17.7 Å². The lowest BCUT2D eigenvalue weighted by Gasteiger charge is -2.34. The van der Waals surface area contributed by atoms with Crippen molar-refractivity contribution in [1.29, 1.82) is 0 Å². The number of anilines is 3. The Morgan fingerprint density at radius 3 is 2.49 bits per heavy atom. The van der Waals surface area contributed by atoms with E-state index >= 15 is 0 Å². The largest absolute Gasteiger partial charge is 0.351 e. The average molecular weight is 474 g/mol. The van der Waals surface area contributed by atoms with E-state index in [-0.39, 0.29) is 11.9 Å². The fourth-order valence-corrected chi connectivity index (χ4v) is 5.43. The Bertz CT molecular complexity index is 1180. The number of nitrogens with zero attached hydrogens (tertiary/aromatic N) is 4. The van der Waals surface area contributed by atoms with Crippen LogP contribution in [0.1, 0.15) is 71.9 Å². The van der Waals surface area contributed by atoms with Crippen LogP contribution >= 0.6 is 0 Å². The Hall–Kier alpha value is -3.15. The monoisotopic (exact) mass is 473 g/mol. The van der Waals surface area contributed by atoms with E-state index in [1.165, 1.54) is 29.2 Å². The van der Waals surface area contributed by atoms with E-state index in [1.54, 1.807) is 4.90 Å². The van der Waals surface area contributed by atoms with Gasteiger partial charge in [0.15, 0.2) is 5.82 Å². The van der Waals surface area contributed by atoms with Crippen molar-refractivity contribution in [3.63, 3.8) is 0 Å². The molecule has 1 aliphatic heterocycles. The average Bonchev–Trinajstić information content (AvgIpc) is 3.40. The molecule has 0 spiro atoms. The number of carbonyl (C=O) groups is 1. The fraction of sp³-hybridized carbons (Fsp3) is 0.483. The van der Waals surface area contributed by atoms with E-state index in [0.29, 0.717) is 18.5 Å². The Labute approximate surface area is 209 Å². The minimum atomic E-state index is -0.484. The second-order valence-corrected chi connectivity index (χ2v) is 10.2. The van der Waals surface area contributed by atoms with Gasteiger partial charge in [-0.25, -0.2) is 4.98 Å². The van der Waals surface area contributed by atoms with Crippen molar-refractivity contribution in [1.82, 2.24) is 9.97 Å². The van der Waals surface area contributed by atoms with E-state index in [1.807, 2.05) is 40.9 Å². The van der Waals surface area contributed by atoms with Crippen LogP contribution in [0.25, 0.3) is 10.8 Å². The van der Waals surface area contributed by atoms with Gasteiger partial charge in [-0.05, 0) is 49.9 Å². The lowest BCUT2D eigenvalue weighted by atomic mass is 9.91. The topological polar surface area (TPSA) is 61.4 Å². The van der Waals surface area contributed by atoms with Gasteiger partial charge < -0.3 is 15.1 Å². The highest BCUT2D eigenvalue weighted by molar-refractivity contribution is 6.00. The number of benzene rings is 2. The quantitative estimate of drug-likeness (QED) is 0.464.